The molecule has 0 bridgehead atoms. The summed E-state index contributed by atoms with van der Waals surface area (Å²) in [6.45, 7) is 6.11. The molecule has 3 unspecified atom stereocenters. The molecule has 3 nitrogen and oxygen atoms in total. The molecule has 1 saturated carbocycles. The van der Waals surface area contributed by atoms with Crippen molar-refractivity contribution in [1.82, 2.24) is 4.90 Å². The highest BCUT2D eigenvalue weighted by molar-refractivity contribution is 6.16. The van der Waals surface area contributed by atoms with Crippen LogP contribution in [0.1, 0.15) is 40.0 Å². The molecule has 0 aromatic heterocycles. The summed E-state index contributed by atoms with van der Waals surface area (Å²) >= 11 is 0. The molecular formula is C13H19NO2. The van der Waals surface area contributed by atoms with Gasteiger partial charge in [-0.3, -0.25) is 14.5 Å². The number of imide groups is 1. The van der Waals surface area contributed by atoms with Crippen molar-refractivity contribution >= 4 is 11.8 Å². The molecule has 0 spiro atoms. The van der Waals surface area contributed by atoms with Crippen molar-refractivity contribution in [2.24, 2.45) is 11.8 Å². The van der Waals surface area contributed by atoms with Crippen LogP contribution in [0.5, 0.6) is 0 Å². The summed E-state index contributed by atoms with van der Waals surface area (Å²) in [5.41, 5.74) is 0.579. The molecule has 1 heterocycles. The minimum atomic E-state index is -0.117. The molecule has 2 rings (SSSR count). The molecule has 0 N–H and O–H groups in total. The number of rotatable bonds is 1. The molecule has 0 aromatic carbocycles. The summed E-state index contributed by atoms with van der Waals surface area (Å²) in [4.78, 5) is 25.1. The Labute approximate surface area is 96.5 Å². The standard InChI is InChI=1S/C13H19NO2/c1-8-4-5-11(9(2)6-8)14-12(15)7-10(3)13(14)16/h7-9,11H,4-6H2,1-3H3. The fourth-order valence-electron chi connectivity index (χ4n) is 2.95. The summed E-state index contributed by atoms with van der Waals surface area (Å²) in [6.07, 6.45) is 4.65. The molecular weight excluding hydrogens is 202 g/mol. The van der Waals surface area contributed by atoms with Crippen molar-refractivity contribution < 1.29 is 9.59 Å². The van der Waals surface area contributed by atoms with Crippen molar-refractivity contribution in [1.29, 1.82) is 0 Å². The number of hydrogen-bond acceptors (Lipinski definition) is 2. The van der Waals surface area contributed by atoms with Gasteiger partial charge in [-0.2, -0.15) is 0 Å². The van der Waals surface area contributed by atoms with Gasteiger partial charge in [-0.15, -0.1) is 0 Å². The van der Waals surface area contributed by atoms with Crippen LogP contribution in [0.15, 0.2) is 11.6 Å². The quantitative estimate of drug-likeness (QED) is 0.636. The van der Waals surface area contributed by atoms with Crippen LogP contribution in [-0.2, 0) is 9.59 Å². The lowest BCUT2D eigenvalue weighted by atomic mass is 9.79. The number of carbonyl (C=O) groups is 2. The molecule has 88 valence electrons. The first-order valence-electron chi connectivity index (χ1n) is 6.06. The Morgan fingerprint density at radius 2 is 1.94 bits per heavy atom. The minimum absolute atomic E-state index is 0.0867. The Morgan fingerprint density at radius 1 is 1.25 bits per heavy atom. The predicted molar refractivity (Wildman–Crippen MR) is 61.6 cm³/mol. The summed E-state index contributed by atoms with van der Waals surface area (Å²) in [5.74, 6) is 0.939. The first kappa shape index (κ1) is 11.4. The highest BCUT2D eigenvalue weighted by Crippen LogP contribution is 2.34. The second-order valence-electron chi connectivity index (χ2n) is 5.30. The van der Waals surface area contributed by atoms with E-state index in [2.05, 4.69) is 13.8 Å². The largest absolute Gasteiger partial charge is 0.272 e. The Balaban J connectivity index is 2.14. The summed E-state index contributed by atoms with van der Waals surface area (Å²) in [7, 11) is 0. The molecule has 0 aromatic rings. The van der Waals surface area contributed by atoms with Crippen molar-refractivity contribution in [3.63, 3.8) is 0 Å². The van der Waals surface area contributed by atoms with E-state index in [1.165, 1.54) is 11.0 Å². The van der Waals surface area contributed by atoms with Gasteiger partial charge in [0.2, 0.25) is 0 Å². The van der Waals surface area contributed by atoms with Crippen LogP contribution in [0.25, 0.3) is 0 Å². The predicted octanol–water partition coefficient (Wildman–Crippen LogP) is 2.13. The van der Waals surface area contributed by atoms with Crippen molar-refractivity contribution in [3.8, 4) is 0 Å². The van der Waals surface area contributed by atoms with E-state index in [1.54, 1.807) is 6.92 Å². The van der Waals surface area contributed by atoms with Gasteiger partial charge in [0.1, 0.15) is 0 Å². The van der Waals surface area contributed by atoms with Crippen LogP contribution in [0.3, 0.4) is 0 Å². The average molecular weight is 221 g/mol. The molecule has 3 atom stereocenters. The molecule has 1 aliphatic heterocycles. The van der Waals surface area contributed by atoms with Crippen molar-refractivity contribution in [3.05, 3.63) is 11.6 Å². The SMILES string of the molecule is CC1=CC(=O)N(C2CCC(C)CC2C)C1=O. The van der Waals surface area contributed by atoms with E-state index in [0.717, 1.165) is 19.3 Å². The number of hydrogen-bond donors (Lipinski definition) is 0. The Hall–Kier alpha value is -1.12. The Kier molecular flexibility index (Phi) is 2.87. The van der Waals surface area contributed by atoms with Crippen LogP contribution >= 0.6 is 0 Å². The number of carbonyl (C=O) groups excluding carboxylic acids is 2. The van der Waals surface area contributed by atoms with E-state index in [4.69, 9.17) is 0 Å². The molecule has 0 radical (unpaired) electrons. The lowest BCUT2D eigenvalue weighted by Gasteiger charge is -2.37. The Morgan fingerprint density at radius 3 is 2.44 bits per heavy atom. The van der Waals surface area contributed by atoms with Gasteiger partial charge >= 0.3 is 0 Å². The van der Waals surface area contributed by atoms with Crippen LogP contribution in [0.4, 0.5) is 0 Å². The van der Waals surface area contributed by atoms with E-state index in [9.17, 15) is 9.59 Å². The Bertz CT molecular complexity index is 359. The van der Waals surface area contributed by atoms with Gasteiger partial charge in [-0.1, -0.05) is 13.8 Å². The van der Waals surface area contributed by atoms with Gasteiger partial charge in [-0.05, 0) is 38.0 Å². The highest BCUT2D eigenvalue weighted by Gasteiger charge is 2.39. The minimum Gasteiger partial charge on any atom is -0.272 e. The highest BCUT2D eigenvalue weighted by atomic mass is 16.2. The number of nitrogens with zero attached hydrogens (tertiary/aromatic N) is 1. The second kappa shape index (κ2) is 4.04. The monoisotopic (exact) mass is 221 g/mol. The first-order chi connectivity index (χ1) is 7.50. The maximum absolute atomic E-state index is 11.9. The number of amides is 2. The van der Waals surface area contributed by atoms with Gasteiger partial charge in [0.15, 0.2) is 0 Å². The van der Waals surface area contributed by atoms with Crippen molar-refractivity contribution in [2.75, 3.05) is 0 Å². The summed E-state index contributed by atoms with van der Waals surface area (Å²) in [5, 5.41) is 0. The van der Waals surface area contributed by atoms with E-state index in [-0.39, 0.29) is 17.9 Å². The fourth-order valence-corrected chi connectivity index (χ4v) is 2.95. The third-order valence-corrected chi connectivity index (χ3v) is 3.85. The van der Waals surface area contributed by atoms with Crippen molar-refractivity contribution in [2.45, 2.75) is 46.1 Å². The first-order valence-corrected chi connectivity index (χ1v) is 6.06. The lowest BCUT2D eigenvalue weighted by Crippen LogP contribution is -2.46. The van der Waals surface area contributed by atoms with Crippen LogP contribution in [-0.4, -0.2) is 22.8 Å². The van der Waals surface area contributed by atoms with E-state index < -0.39 is 0 Å². The molecule has 2 aliphatic rings. The van der Waals surface area contributed by atoms with Gasteiger partial charge in [0.25, 0.3) is 11.8 Å². The van der Waals surface area contributed by atoms with E-state index in [0.29, 0.717) is 17.4 Å². The van der Waals surface area contributed by atoms with Crippen LogP contribution in [0, 0.1) is 11.8 Å². The smallest absolute Gasteiger partial charge is 0.256 e. The van der Waals surface area contributed by atoms with E-state index in [1.807, 2.05) is 0 Å². The molecule has 1 aliphatic carbocycles. The molecule has 0 saturated heterocycles. The maximum Gasteiger partial charge on any atom is 0.256 e. The third kappa shape index (κ3) is 1.79. The van der Waals surface area contributed by atoms with Gasteiger partial charge < -0.3 is 0 Å². The molecule has 16 heavy (non-hydrogen) atoms. The van der Waals surface area contributed by atoms with Crippen LogP contribution < -0.4 is 0 Å². The van der Waals surface area contributed by atoms with Gasteiger partial charge in [-0.25, -0.2) is 0 Å². The zero-order chi connectivity index (χ0) is 11.9. The van der Waals surface area contributed by atoms with E-state index >= 15 is 0 Å². The van der Waals surface area contributed by atoms with Crippen LogP contribution in [0.2, 0.25) is 0 Å². The lowest BCUT2D eigenvalue weighted by molar-refractivity contribution is -0.142. The van der Waals surface area contributed by atoms with Gasteiger partial charge in [0.05, 0.1) is 0 Å². The zero-order valence-electron chi connectivity index (χ0n) is 10.2. The molecule has 2 amide bonds. The fraction of sp³-hybridized carbons (Fsp3) is 0.692. The summed E-state index contributed by atoms with van der Waals surface area (Å²) in [6, 6.07) is 0.116. The second-order valence-corrected chi connectivity index (χ2v) is 5.30. The molecule has 1 fully saturated rings. The molecule has 3 heteroatoms. The normalized spacial score (nSPS) is 35.6. The maximum atomic E-state index is 11.9. The average Bonchev–Trinajstić information content (AvgIpc) is 2.43. The summed E-state index contributed by atoms with van der Waals surface area (Å²) < 4.78 is 0. The third-order valence-electron chi connectivity index (χ3n) is 3.85. The zero-order valence-corrected chi connectivity index (χ0v) is 10.2. The van der Waals surface area contributed by atoms with Gasteiger partial charge in [0, 0.05) is 17.7 Å². The topological polar surface area (TPSA) is 37.4 Å².